The number of aromatic nitrogens is 2. The molecule has 0 aliphatic rings. The molecule has 1 aromatic rings. The SMILES string of the molecule is CCC(O)C(O)Cc1cnn(C)c1. The van der Waals surface area contributed by atoms with Gasteiger partial charge in [0.15, 0.2) is 0 Å². The van der Waals surface area contributed by atoms with E-state index in [1.165, 1.54) is 0 Å². The predicted molar refractivity (Wildman–Crippen MR) is 49.2 cm³/mol. The third-order valence-corrected chi connectivity index (χ3v) is 2.07. The molecule has 0 saturated heterocycles. The molecular weight excluding hydrogens is 168 g/mol. The largest absolute Gasteiger partial charge is 0.390 e. The summed E-state index contributed by atoms with van der Waals surface area (Å²) in [7, 11) is 1.83. The van der Waals surface area contributed by atoms with Crippen molar-refractivity contribution in [1.82, 2.24) is 9.78 Å². The Hall–Kier alpha value is -0.870. The Labute approximate surface area is 77.8 Å². The van der Waals surface area contributed by atoms with Crippen molar-refractivity contribution in [2.24, 2.45) is 7.05 Å². The van der Waals surface area contributed by atoms with Crippen molar-refractivity contribution >= 4 is 0 Å². The first-order valence-corrected chi connectivity index (χ1v) is 4.47. The summed E-state index contributed by atoms with van der Waals surface area (Å²) in [5, 5.41) is 22.8. The summed E-state index contributed by atoms with van der Waals surface area (Å²) in [6.07, 6.45) is 3.25. The van der Waals surface area contributed by atoms with E-state index in [9.17, 15) is 10.2 Å². The molecule has 1 aromatic heterocycles. The third kappa shape index (κ3) is 2.82. The lowest BCUT2D eigenvalue weighted by Gasteiger charge is -2.14. The molecule has 0 spiro atoms. The van der Waals surface area contributed by atoms with Gasteiger partial charge < -0.3 is 10.2 Å². The molecule has 0 aliphatic heterocycles. The summed E-state index contributed by atoms with van der Waals surface area (Å²) in [6, 6.07) is 0. The second kappa shape index (κ2) is 4.39. The average Bonchev–Trinajstić information content (AvgIpc) is 2.49. The number of hydrogen-bond donors (Lipinski definition) is 2. The van der Waals surface area contributed by atoms with Crippen LogP contribution in [0.2, 0.25) is 0 Å². The lowest BCUT2D eigenvalue weighted by molar-refractivity contribution is 0.0181. The maximum atomic E-state index is 9.49. The van der Waals surface area contributed by atoms with E-state index in [2.05, 4.69) is 5.10 Å². The topological polar surface area (TPSA) is 58.3 Å². The standard InChI is InChI=1S/C9H16N2O2/c1-3-8(12)9(13)4-7-5-10-11(2)6-7/h5-6,8-9,12-13H,3-4H2,1-2H3. The summed E-state index contributed by atoms with van der Waals surface area (Å²) in [5.41, 5.74) is 0.947. The van der Waals surface area contributed by atoms with Crippen LogP contribution in [-0.2, 0) is 13.5 Å². The van der Waals surface area contributed by atoms with Gasteiger partial charge in [0.25, 0.3) is 0 Å². The van der Waals surface area contributed by atoms with Crippen LogP contribution in [-0.4, -0.2) is 32.2 Å². The van der Waals surface area contributed by atoms with Gasteiger partial charge in [0.1, 0.15) is 0 Å². The summed E-state index contributed by atoms with van der Waals surface area (Å²) in [4.78, 5) is 0. The number of aryl methyl sites for hydroxylation is 1. The van der Waals surface area contributed by atoms with E-state index in [-0.39, 0.29) is 0 Å². The second-order valence-electron chi connectivity index (χ2n) is 3.27. The molecule has 4 nitrogen and oxygen atoms in total. The molecule has 0 saturated carbocycles. The lowest BCUT2D eigenvalue weighted by Crippen LogP contribution is -2.26. The Kier molecular flexibility index (Phi) is 3.45. The fourth-order valence-corrected chi connectivity index (χ4v) is 1.23. The Morgan fingerprint density at radius 2 is 2.15 bits per heavy atom. The van der Waals surface area contributed by atoms with Crippen LogP contribution in [0.1, 0.15) is 18.9 Å². The summed E-state index contributed by atoms with van der Waals surface area (Å²) >= 11 is 0. The van der Waals surface area contributed by atoms with Crippen molar-refractivity contribution in [2.45, 2.75) is 32.0 Å². The molecule has 0 bridgehead atoms. The van der Waals surface area contributed by atoms with Crippen molar-refractivity contribution in [3.8, 4) is 0 Å². The highest BCUT2D eigenvalue weighted by Crippen LogP contribution is 2.06. The molecule has 0 amide bonds. The van der Waals surface area contributed by atoms with Gasteiger partial charge >= 0.3 is 0 Å². The molecule has 74 valence electrons. The Morgan fingerprint density at radius 1 is 1.46 bits per heavy atom. The molecule has 0 radical (unpaired) electrons. The van der Waals surface area contributed by atoms with Crippen LogP contribution in [0, 0.1) is 0 Å². The van der Waals surface area contributed by atoms with Crippen molar-refractivity contribution in [2.75, 3.05) is 0 Å². The Morgan fingerprint density at radius 3 is 2.62 bits per heavy atom. The van der Waals surface area contributed by atoms with Gasteiger partial charge in [0.2, 0.25) is 0 Å². The first-order valence-electron chi connectivity index (χ1n) is 4.47. The van der Waals surface area contributed by atoms with Gasteiger partial charge in [0, 0.05) is 19.7 Å². The molecular formula is C9H16N2O2. The zero-order valence-electron chi connectivity index (χ0n) is 8.01. The molecule has 0 aromatic carbocycles. The minimum absolute atomic E-state index is 0.461. The van der Waals surface area contributed by atoms with Crippen LogP contribution in [0.25, 0.3) is 0 Å². The van der Waals surface area contributed by atoms with Crippen LogP contribution in [0.15, 0.2) is 12.4 Å². The molecule has 1 heterocycles. The van der Waals surface area contributed by atoms with Gasteiger partial charge in [-0.3, -0.25) is 4.68 Å². The first-order chi connectivity index (χ1) is 6.13. The molecule has 2 N–H and O–H groups in total. The third-order valence-electron chi connectivity index (χ3n) is 2.07. The Balaban J connectivity index is 2.49. The molecule has 2 atom stereocenters. The summed E-state index contributed by atoms with van der Waals surface area (Å²) in [6.45, 7) is 1.84. The van der Waals surface area contributed by atoms with Crippen LogP contribution in [0.4, 0.5) is 0 Å². The summed E-state index contributed by atoms with van der Waals surface area (Å²) < 4.78 is 1.68. The molecule has 2 unspecified atom stereocenters. The highest BCUT2D eigenvalue weighted by Gasteiger charge is 2.14. The molecule has 0 fully saturated rings. The number of aliphatic hydroxyl groups excluding tert-OH is 2. The fourth-order valence-electron chi connectivity index (χ4n) is 1.23. The zero-order chi connectivity index (χ0) is 9.84. The molecule has 0 aliphatic carbocycles. The monoisotopic (exact) mass is 184 g/mol. The van der Waals surface area contributed by atoms with E-state index in [1.54, 1.807) is 10.9 Å². The second-order valence-corrected chi connectivity index (χ2v) is 3.27. The smallest absolute Gasteiger partial charge is 0.0840 e. The van der Waals surface area contributed by atoms with Crippen molar-refractivity contribution in [3.05, 3.63) is 18.0 Å². The Bertz CT molecular complexity index is 260. The molecule has 4 heteroatoms. The average molecular weight is 184 g/mol. The fraction of sp³-hybridized carbons (Fsp3) is 0.667. The van der Waals surface area contributed by atoms with Gasteiger partial charge in [-0.15, -0.1) is 0 Å². The van der Waals surface area contributed by atoms with Crippen LogP contribution in [0.3, 0.4) is 0 Å². The van der Waals surface area contributed by atoms with Crippen LogP contribution < -0.4 is 0 Å². The molecule has 13 heavy (non-hydrogen) atoms. The number of hydrogen-bond acceptors (Lipinski definition) is 3. The molecule has 1 rings (SSSR count). The van der Waals surface area contributed by atoms with Crippen LogP contribution in [0.5, 0.6) is 0 Å². The van der Waals surface area contributed by atoms with Crippen LogP contribution >= 0.6 is 0 Å². The normalized spacial score (nSPS) is 15.7. The van der Waals surface area contributed by atoms with E-state index in [0.29, 0.717) is 12.8 Å². The quantitative estimate of drug-likeness (QED) is 0.697. The maximum Gasteiger partial charge on any atom is 0.0840 e. The number of nitrogens with zero attached hydrogens (tertiary/aromatic N) is 2. The van der Waals surface area contributed by atoms with Gasteiger partial charge in [-0.05, 0) is 12.0 Å². The number of aliphatic hydroxyl groups is 2. The maximum absolute atomic E-state index is 9.49. The van der Waals surface area contributed by atoms with Crippen molar-refractivity contribution < 1.29 is 10.2 Å². The van der Waals surface area contributed by atoms with Gasteiger partial charge in [-0.1, -0.05) is 6.92 Å². The highest BCUT2D eigenvalue weighted by molar-refractivity contribution is 5.05. The van der Waals surface area contributed by atoms with E-state index >= 15 is 0 Å². The zero-order valence-corrected chi connectivity index (χ0v) is 8.01. The van der Waals surface area contributed by atoms with Gasteiger partial charge in [0.05, 0.1) is 18.4 Å². The minimum Gasteiger partial charge on any atom is -0.390 e. The predicted octanol–water partition coefficient (Wildman–Crippen LogP) is 0.0944. The van der Waals surface area contributed by atoms with E-state index in [1.807, 2.05) is 20.2 Å². The van der Waals surface area contributed by atoms with E-state index in [4.69, 9.17) is 0 Å². The van der Waals surface area contributed by atoms with E-state index < -0.39 is 12.2 Å². The van der Waals surface area contributed by atoms with Crippen molar-refractivity contribution in [1.29, 1.82) is 0 Å². The van der Waals surface area contributed by atoms with Gasteiger partial charge in [-0.25, -0.2) is 0 Å². The number of rotatable bonds is 4. The highest BCUT2D eigenvalue weighted by atomic mass is 16.3. The lowest BCUT2D eigenvalue weighted by atomic mass is 10.1. The first kappa shape index (κ1) is 10.2. The summed E-state index contributed by atoms with van der Waals surface area (Å²) in [5.74, 6) is 0. The minimum atomic E-state index is -0.686. The van der Waals surface area contributed by atoms with Gasteiger partial charge in [-0.2, -0.15) is 5.10 Å². The van der Waals surface area contributed by atoms with Crippen molar-refractivity contribution in [3.63, 3.8) is 0 Å². The van der Waals surface area contributed by atoms with E-state index in [0.717, 1.165) is 5.56 Å².